The summed E-state index contributed by atoms with van der Waals surface area (Å²) >= 11 is 0. The van der Waals surface area contributed by atoms with E-state index in [0.29, 0.717) is 5.56 Å². The molecule has 4 nitrogen and oxygen atoms in total. The summed E-state index contributed by atoms with van der Waals surface area (Å²) in [6.07, 6.45) is 1.01. The number of hydrogen-bond acceptors (Lipinski definition) is 3. The van der Waals surface area contributed by atoms with Gasteiger partial charge >= 0.3 is 0 Å². The smallest absolute Gasteiger partial charge is 0.253 e. The lowest BCUT2D eigenvalue weighted by molar-refractivity contribution is 0.0763. The van der Waals surface area contributed by atoms with Crippen LogP contribution in [0.1, 0.15) is 22.3 Å². The number of hydrogen-bond donors (Lipinski definition) is 1. The summed E-state index contributed by atoms with van der Waals surface area (Å²) in [5.74, 6) is 5.50. The van der Waals surface area contributed by atoms with Gasteiger partial charge in [-0.05, 0) is 38.2 Å². The third-order valence-corrected chi connectivity index (χ3v) is 3.43. The standard InChI is InChI=1S/C16H20N2O2/c1-17-8-4-9-18(11-10-17)16(20)15-7-2-5-14(13-15)6-3-12-19/h2,5,7,13,19H,4,8-12H2,1H3. The van der Waals surface area contributed by atoms with Crippen LogP contribution >= 0.6 is 0 Å². The highest BCUT2D eigenvalue weighted by atomic mass is 16.2. The minimum atomic E-state index is -0.170. The molecule has 1 heterocycles. The molecule has 0 bridgehead atoms. The maximum absolute atomic E-state index is 12.5. The number of likely N-dealkylation sites (N-methyl/N-ethyl adjacent to an activating group) is 1. The molecule has 0 radical (unpaired) electrons. The van der Waals surface area contributed by atoms with Crippen molar-refractivity contribution in [2.75, 3.05) is 39.8 Å². The van der Waals surface area contributed by atoms with Crippen LogP contribution in [-0.2, 0) is 0 Å². The van der Waals surface area contributed by atoms with Crippen LogP contribution in [-0.4, -0.2) is 60.6 Å². The first kappa shape index (κ1) is 14.6. The Labute approximate surface area is 120 Å². The number of aliphatic hydroxyl groups excluding tert-OH is 1. The molecule has 0 aromatic heterocycles. The fraction of sp³-hybridized carbons (Fsp3) is 0.438. The molecule has 1 aliphatic heterocycles. The second-order valence-corrected chi connectivity index (χ2v) is 4.99. The zero-order valence-electron chi connectivity index (χ0n) is 11.8. The number of nitrogens with zero attached hydrogens (tertiary/aromatic N) is 2. The monoisotopic (exact) mass is 272 g/mol. The maximum atomic E-state index is 12.5. The maximum Gasteiger partial charge on any atom is 0.253 e. The average molecular weight is 272 g/mol. The Kier molecular flexibility index (Phi) is 5.16. The lowest BCUT2D eigenvalue weighted by Crippen LogP contribution is -2.34. The minimum absolute atomic E-state index is 0.0629. The Bertz CT molecular complexity index is 531. The highest BCUT2D eigenvalue weighted by Crippen LogP contribution is 2.10. The van der Waals surface area contributed by atoms with Crippen molar-refractivity contribution < 1.29 is 9.90 Å². The minimum Gasteiger partial charge on any atom is -0.384 e. The van der Waals surface area contributed by atoms with E-state index >= 15 is 0 Å². The molecule has 0 saturated carbocycles. The summed E-state index contributed by atoms with van der Waals surface area (Å²) in [4.78, 5) is 16.6. The van der Waals surface area contributed by atoms with Crippen molar-refractivity contribution in [1.29, 1.82) is 0 Å². The van der Waals surface area contributed by atoms with Gasteiger partial charge in [-0.15, -0.1) is 0 Å². The fourth-order valence-electron chi connectivity index (χ4n) is 2.30. The second-order valence-electron chi connectivity index (χ2n) is 4.99. The van der Waals surface area contributed by atoms with Crippen LogP contribution in [0.4, 0.5) is 0 Å². The normalized spacial score (nSPS) is 16.2. The summed E-state index contributed by atoms with van der Waals surface area (Å²) in [7, 11) is 2.08. The Hall–Kier alpha value is -1.83. The van der Waals surface area contributed by atoms with Gasteiger partial charge in [-0.2, -0.15) is 0 Å². The number of carbonyl (C=O) groups is 1. The van der Waals surface area contributed by atoms with E-state index in [-0.39, 0.29) is 12.5 Å². The Morgan fingerprint density at radius 3 is 2.95 bits per heavy atom. The lowest BCUT2D eigenvalue weighted by Gasteiger charge is -2.20. The van der Waals surface area contributed by atoms with Crippen LogP contribution in [0.5, 0.6) is 0 Å². The lowest BCUT2D eigenvalue weighted by atomic mass is 10.1. The highest BCUT2D eigenvalue weighted by Gasteiger charge is 2.18. The number of benzene rings is 1. The van der Waals surface area contributed by atoms with Gasteiger partial charge in [-0.3, -0.25) is 4.79 Å². The summed E-state index contributed by atoms with van der Waals surface area (Å²) in [5.41, 5.74) is 1.43. The van der Waals surface area contributed by atoms with E-state index in [1.807, 2.05) is 23.1 Å². The van der Waals surface area contributed by atoms with Crippen molar-refractivity contribution in [1.82, 2.24) is 9.80 Å². The Morgan fingerprint density at radius 2 is 2.15 bits per heavy atom. The predicted octanol–water partition coefficient (Wildman–Crippen LogP) is 0.808. The van der Waals surface area contributed by atoms with E-state index in [2.05, 4.69) is 23.8 Å². The third-order valence-electron chi connectivity index (χ3n) is 3.43. The molecule has 0 aliphatic carbocycles. The van der Waals surface area contributed by atoms with Crippen molar-refractivity contribution in [3.8, 4) is 11.8 Å². The third kappa shape index (κ3) is 3.83. The largest absolute Gasteiger partial charge is 0.384 e. The first-order valence-electron chi connectivity index (χ1n) is 6.88. The first-order chi connectivity index (χ1) is 9.70. The predicted molar refractivity (Wildman–Crippen MR) is 78.4 cm³/mol. The van der Waals surface area contributed by atoms with Gasteiger partial charge in [0.1, 0.15) is 6.61 Å². The summed E-state index contributed by atoms with van der Waals surface area (Å²) in [6, 6.07) is 7.29. The molecule has 0 atom stereocenters. The number of carbonyl (C=O) groups excluding carboxylic acids is 1. The summed E-state index contributed by atoms with van der Waals surface area (Å²) in [6.45, 7) is 3.34. The van der Waals surface area contributed by atoms with E-state index in [1.165, 1.54) is 0 Å². The van der Waals surface area contributed by atoms with Gasteiger partial charge in [0.05, 0.1) is 0 Å². The van der Waals surface area contributed by atoms with Crippen LogP contribution in [0.15, 0.2) is 24.3 Å². The number of amides is 1. The molecule has 1 fully saturated rings. The topological polar surface area (TPSA) is 43.8 Å². The molecule has 1 aromatic rings. The first-order valence-corrected chi connectivity index (χ1v) is 6.88. The molecular formula is C16H20N2O2. The van der Waals surface area contributed by atoms with Crippen molar-refractivity contribution in [2.45, 2.75) is 6.42 Å². The molecule has 20 heavy (non-hydrogen) atoms. The van der Waals surface area contributed by atoms with Crippen molar-refractivity contribution in [2.24, 2.45) is 0 Å². The van der Waals surface area contributed by atoms with E-state index in [4.69, 9.17) is 5.11 Å². The van der Waals surface area contributed by atoms with E-state index in [0.717, 1.165) is 38.2 Å². The molecule has 0 unspecified atom stereocenters. The van der Waals surface area contributed by atoms with Crippen LogP contribution in [0.25, 0.3) is 0 Å². The number of rotatable bonds is 1. The zero-order chi connectivity index (χ0) is 14.4. The molecule has 0 spiro atoms. The van der Waals surface area contributed by atoms with Crippen molar-refractivity contribution in [3.05, 3.63) is 35.4 Å². The molecule has 2 rings (SSSR count). The number of aliphatic hydroxyl groups is 1. The van der Waals surface area contributed by atoms with Gasteiger partial charge in [0.2, 0.25) is 0 Å². The molecule has 106 valence electrons. The molecular weight excluding hydrogens is 252 g/mol. The molecule has 1 aliphatic rings. The Morgan fingerprint density at radius 1 is 1.30 bits per heavy atom. The quantitative estimate of drug-likeness (QED) is 0.769. The molecule has 1 saturated heterocycles. The second kappa shape index (κ2) is 7.09. The van der Waals surface area contributed by atoms with Crippen LogP contribution in [0.2, 0.25) is 0 Å². The van der Waals surface area contributed by atoms with Gasteiger partial charge < -0.3 is 14.9 Å². The van der Waals surface area contributed by atoms with Gasteiger partial charge in [0.15, 0.2) is 0 Å². The SMILES string of the molecule is CN1CCCN(C(=O)c2cccc(C#CCO)c2)CC1. The van der Waals surface area contributed by atoms with Gasteiger partial charge in [0.25, 0.3) is 5.91 Å². The van der Waals surface area contributed by atoms with Crippen LogP contribution < -0.4 is 0 Å². The Balaban J connectivity index is 2.12. The summed E-state index contributed by atoms with van der Waals surface area (Å²) < 4.78 is 0. The van der Waals surface area contributed by atoms with Crippen LogP contribution in [0.3, 0.4) is 0 Å². The van der Waals surface area contributed by atoms with Gasteiger partial charge in [0, 0.05) is 30.8 Å². The molecule has 4 heteroatoms. The van der Waals surface area contributed by atoms with Crippen LogP contribution in [0, 0.1) is 11.8 Å². The zero-order valence-corrected chi connectivity index (χ0v) is 11.8. The van der Waals surface area contributed by atoms with Crippen molar-refractivity contribution in [3.63, 3.8) is 0 Å². The average Bonchev–Trinajstić information content (AvgIpc) is 2.69. The van der Waals surface area contributed by atoms with Gasteiger partial charge in [-0.1, -0.05) is 17.9 Å². The fourth-order valence-corrected chi connectivity index (χ4v) is 2.30. The van der Waals surface area contributed by atoms with Gasteiger partial charge in [-0.25, -0.2) is 0 Å². The molecule has 1 amide bonds. The van der Waals surface area contributed by atoms with E-state index < -0.39 is 0 Å². The van der Waals surface area contributed by atoms with E-state index in [1.54, 1.807) is 6.07 Å². The molecule has 1 N–H and O–H groups in total. The molecule has 1 aromatic carbocycles. The van der Waals surface area contributed by atoms with Crippen molar-refractivity contribution >= 4 is 5.91 Å². The summed E-state index contributed by atoms with van der Waals surface area (Å²) in [5, 5.41) is 8.71. The van der Waals surface area contributed by atoms with E-state index in [9.17, 15) is 4.79 Å². The highest BCUT2D eigenvalue weighted by molar-refractivity contribution is 5.94.